The molecule has 0 saturated carbocycles. The fourth-order valence-corrected chi connectivity index (χ4v) is 3.57. The Kier molecular flexibility index (Phi) is 6.41. The quantitative estimate of drug-likeness (QED) is 0.469. The minimum Gasteiger partial charge on any atom is -0.126 e. The molecular formula is C16H14Br2Cl2. The Balaban J connectivity index is 2.11. The zero-order chi connectivity index (χ0) is 14.5. The summed E-state index contributed by atoms with van der Waals surface area (Å²) in [7, 11) is 0. The topological polar surface area (TPSA) is 0 Å². The van der Waals surface area contributed by atoms with E-state index in [2.05, 4.69) is 56.1 Å². The molecule has 4 heteroatoms. The van der Waals surface area contributed by atoms with Gasteiger partial charge in [0.05, 0.1) is 0 Å². The van der Waals surface area contributed by atoms with Gasteiger partial charge in [0.25, 0.3) is 0 Å². The summed E-state index contributed by atoms with van der Waals surface area (Å²) in [6.07, 6.45) is 1.83. The van der Waals surface area contributed by atoms with E-state index < -0.39 is 0 Å². The first-order valence-corrected chi connectivity index (χ1v) is 8.83. The summed E-state index contributed by atoms with van der Waals surface area (Å²) in [6.45, 7) is 0. The number of benzene rings is 2. The fraction of sp³-hybridized carbons (Fsp3) is 0.250. The maximum absolute atomic E-state index is 6.28. The van der Waals surface area contributed by atoms with E-state index in [1.165, 1.54) is 5.56 Å². The molecule has 0 heterocycles. The summed E-state index contributed by atoms with van der Waals surface area (Å²) < 4.78 is 2.14. The zero-order valence-corrected chi connectivity index (χ0v) is 15.4. The Morgan fingerprint density at radius 1 is 0.950 bits per heavy atom. The highest BCUT2D eigenvalue weighted by Gasteiger charge is 2.13. The fourth-order valence-electron chi connectivity index (χ4n) is 2.15. The lowest BCUT2D eigenvalue weighted by Crippen LogP contribution is -2.11. The Morgan fingerprint density at radius 3 is 2.30 bits per heavy atom. The molecule has 1 unspecified atom stereocenters. The van der Waals surface area contributed by atoms with Crippen LogP contribution in [0.15, 0.2) is 51.4 Å². The van der Waals surface area contributed by atoms with E-state index in [1.54, 1.807) is 0 Å². The summed E-state index contributed by atoms with van der Waals surface area (Å²) in [6, 6.07) is 14.3. The van der Waals surface area contributed by atoms with Crippen molar-refractivity contribution >= 4 is 55.1 Å². The molecular weight excluding hydrogens is 423 g/mol. The van der Waals surface area contributed by atoms with E-state index in [1.807, 2.05) is 18.2 Å². The van der Waals surface area contributed by atoms with Gasteiger partial charge in [-0.25, -0.2) is 0 Å². The van der Waals surface area contributed by atoms with E-state index in [0.717, 1.165) is 32.4 Å². The SMILES string of the molecule is ClCC(Cc1ccc(Br)cc1Cl)Cc1ccccc1Br. The third kappa shape index (κ3) is 4.49. The average molecular weight is 437 g/mol. The van der Waals surface area contributed by atoms with Crippen molar-refractivity contribution in [1.29, 1.82) is 0 Å². The Hall–Kier alpha value is -0.0200. The van der Waals surface area contributed by atoms with E-state index in [0.29, 0.717) is 11.8 Å². The summed E-state index contributed by atoms with van der Waals surface area (Å²) in [4.78, 5) is 0. The normalized spacial score (nSPS) is 12.4. The molecule has 2 rings (SSSR count). The highest BCUT2D eigenvalue weighted by Crippen LogP contribution is 2.27. The van der Waals surface area contributed by atoms with Gasteiger partial charge in [0.2, 0.25) is 0 Å². The molecule has 0 aliphatic carbocycles. The molecule has 0 radical (unpaired) electrons. The van der Waals surface area contributed by atoms with Crippen molar-refractivity contribution in [3.8, 4) is 0 Å². The van der Waals surface area contributed by atoms with Crippen LogP contribution in [0.4, 0.5) is 0 Å². The molecule has 1 atom stereocenters. The molecule has 0 aliphatic heterocycles. The van der Waals surface area contributed by atoms with E-state index in [4.69, 9.17) is 23.2 Å². The third-order valence-corrected chi connectivity index (χ3v) is 5.26. The average Bonchev–Trinajstić information content (AvgIpc) is 2.43. The number of rotatable bonds is 5. The van der Waals surface area contributed by atoms with Crippen LogP contribution in [0.25, 0.3) is 0 Å². The summed E-state index contributed by atoms with van der Waals surface area (Å²) >= 11 is 19.4. The second kappa shape index (κ2) is 7.84. The van der Waals surface area contributed by atoms with E-state index in [9.17, 15) is 0 Å². The lowest BCUT2D eigenvalue weighted by Gasteiger charge is -2.16. The molecule has 0 aliphatic rings. The number of hydrogen-bond donors (Lipinski definition) is 0. The molecule has 0 nitrogen and oxygen atoms in total. The van der Waals surface area contributed by atoms with Crippen LogP contribution in [0.5, 0.6) is 0 Å². The van der Waals surface area contributed by atoms with Crippen LogP contribution in [0.2, 0.25) is 5.02 Å². The first kappa shape index (κ1) is 16.4. The molecule has 20 heavy (non-hydrogen) atoms. The van der Waals surface area contributed by atoms with Crippen LogP contribution in [-0.2, 0) is 12.8 Å². The van der Waals surface area contributed by atoms with Crippen LogP contribution in [-0.4, -0.2) is 5.88 Å². The smallest absolute Gasteiger partial charge is 0.0449 e. The van der Waals surface area contributed by atoms with Gasteiger partial charge < -0.3 is 0 Å². The van der Waals surface area contributed by atoms with Crippen molar-refractivity contribution in [2.24, 2.45) is 5.92 Å². The van der Waals surface area contributed by atoms with Gasteiger partial charge in [0.15, 0.2) is 0 Å². The molecule has 0 amide bonds. The summed E-state index contributed by atoms with van der Waals surface area (Å²) in [5.41, 5.74) is 2.43. The van der Waals surface area contributed by atoms with Crippen LogP contribution in [0.1, 0.15) is 11.1 Å². The van der Waals surface area contributed by atoms with Crippen molar-refractivity contribution in [1.82, 2.24) is 0 Å². The minimum absolute atomic E-state index is 0.369. The lowest BCUT2D eigenvalue weighted by atomic mass is 9.94. The van der Waals surface area contributed by atoms with Gasteiger partial charge in [-0.3, -0.25) is 0 Å². The number of halogens is 4. The Bertz CT molecular complexity index is 584. The van der Waals surface area contributed by atoms with Gasteiger partial charge in [0.1, 0.15) is 0 Å². The monoisotopic (exact) mass is 434 g/mol. The maximum Gasteiger partial charge on any atom is 0.0449 e. The van der Waals surface area contributed by atoms with Gasteiger partial charge in [-0.1, -0.05) is 67.7 Å². The molecule has 0 bridgehead atoms. The number of hydrogen-bond acceptors (Lipinski definition) is 0. The minimum atomic E-state index is 0.369. The molecule has 2 aromatic carbocycles. The van der Waals surface area contributed by atoms with Gasteiger partial charge in [-0.05, 0) is 48.1 Å². The molecule has 0 saturated heterocycles. The highest BCUT2D eigenvalue weighted by molar-refractivity contribution is 9.10. The van der Waals surface area contributed by atoms with Gasteiger partial charge in [-0.15, -0.1) is 11.6 Å². The Labute approximate surface area is 146 Å². The summed E-state index contributed by atoms with van der Waals surface area (Å²) in [5.74, 6) is 0.988. The maximum atomic E-state index is 6.28. The van der Waals surface area contributed by atoms with Crippen LogP contribution in [0, 0.1) is 5.92 Å². The molecule has 0 fully saturated rings. The highest BCUT2D eigenvalue weighted by atomic mass is 79.9. The van der Waals surface area contributed by atoms with Crippen LogP contribution in [0.3, 0.4) is 0 Å². The van der Waals surface area contributed by atoms with Gasteiger partial charge in [0, 0.05) is 19.8 Å². The van der Waals surface area contributed by atoms with Gasteiger partial charge in [-0.2, -0.15) is 0 Å². The zero-order valence-electron chi connectivity index (χ0n) is 10.8. The van der Waals surface area contributed by atoms with Crippen LogP contribution < -0.4 is 0 Å². The van der Waals surface area contributed by atoms with Crippen molar-refractivity contribution in [2.75, 3.05) is 5.88 Å². The second-order valence-corrected chi connectivity index (χ2v) is 7.24. The summed E-state index contributed by atoms with van der Waals surface area (Å²) in [5, 5.41) is 0.793. The van der Waals surface area contributed by atoms with Crippen molar-refractivity contribution < 1.29 is 0 Å². The van der Waals surface area contributed by atoms with Crippen LogP contribution >= 0.6 is 55.1 Å². The second-order valence-electron chi connectivity index (χ2n) is 4.76. The molecule has 2 aromatic rings. The van der Waals surface area contributed by atoms with Crippen molar-refractivity contribution in [3.05, 3.63) is 67.6 Å². The molecule has 0 aromatic heterocycles. The largest absolute Gasteiger partial charge is 0.126 e. The third-order valence-electron chi connectivity index (χ3n) is 3.21. The first-order chi connectivity index (χ1) is 9.60. The van der Waals surface area contributed by atoms with E-state index in [-0.39, 0.29) is 0 Å². The predicted octanol–water partition coefficient (Wildman–Crippen LogP) is 6.51. The van der Waals surface area contributed by atoms with Crippen molar-refractivity contribution in [2.45, 2.75) is 12.8 Å². The number of alkyl halides is 1. The molecule has 0 spiro atoms. The van der Waals surface area contributed by atoms with Crippen molar-refractivity contribution in [3.63, 3.8) is 0 Å². The lowest BCUT2D eigenvalue weighted by molar-refractivity contribution is 0.583. The molecule has 106 valence electrons. The Morgan fingerprint density at radius 2 is 1.65 bits per heavy atom. The van der Waals surface area contributed by atoms with Gasteiger partial charge >= 0.3 is 0 Å². The first-order valence-electron chi connectivity index (χ1n) is 6.33. The standard InChI is InChI=1S/C16H14Br2Cl2/c17-14-6-5-13(16(20)9-14)8-11(10-19)7-12-3-1-2-4-15(12)18/h1-6,9,11H,7-8,10H2. The van der Waals surface area contributed by atoms with E-state index >= 15 is 0 Å². The predicted molar refractivity (Wildman–Crippen MR) is 94.9 cm³/mol. The molecule has 0 N–H and O–H groups in total.